The lowest BCUT2D eigenvalue weighted by Gasteiger charge is -2.21. The van der Waals surface area contributed by atoms with Crippen LogP contribution in [0, 0.1) is 6.92 Å². The minimum Gasteiger partial charge on any atom is -0.493 e. The summed E-state index contributed by atoms with van der Waals surface area (Å²) in [7, 11) is 1.60. The number of nitrogens with zero attached hydrogens (tertiary/aromatic N) is 1. The molecule has 4 nitrogen and oxygen atoms in total. The average molecular weight is 362 g/mol. The number of fused-ring (bicyclic) bond motifs is 1. The Labute approximate surface area is 137 Å². The second-order valence-electron chi connectivity index (χ2n) is 5.15. The second-order valence-corrected chi connectivity index (χ2v) is 6.00. The number of hydrogen-bond acceptors (Lipinski definition) is 3. The molecule has 3 rings (SSSR count). The highest BCUT2D eigenvalue weighted by Gasteiger charge is 2.25. The summed E-state index contributed by atoms with van der Waals surface area (Å²) in [5.41, 5.74) is 2.89. The van der Waals surface area contributed by atoms with Crippen molar-refractivity contribution in [3.05, 3.63) is 52.0 Å². The molecular weight excluding hydrogens is 346 g/mol. The maximum Gasteiger partial charge on any atom is 0.265 e. The molecule has 0 aromatic heterocycles. The number of benzene rings is 2. The van der Waals surface area contributed by atoms with Crippen LogP contribution in [-0.2, 0) is 11.3 Å². The highest BCUT2D eigenvalue weighted by Crippen LogP contribution is 2.35. The molecule has 0 unspecified atom stereocenters. The van der Waals surface area contributed by atoms with Gasteiger partial charge in [-0.05, 0) is 36.8 Å². The number of para-hydroxylation sites is 1. The third-order valence-electron chi connectivity index (χ3n) is 3.70. The molecular formula is C17H16BrNO3. The molecule has 0 radical (unpaired) electrons. The molecule has 0 N–H and O–H groups in total. The number of carbonyl (C=O) groups excluding carboxylic acids is 1. The van der Waals surface area contributed by atoms with Crippen LogP contribution in [0.3, 0.4) is 0 Å². The van der Waals surface area contributed by atoms with Gasteiger partial charge in [-0.1, -0.05) is 28.1 Å². The summed E-state index contributed by atoms with van der Waals surface area (Å²) in [5, 5.41) is 0. The van der Waals surface area contributed by atoms with Crippen molar-refractivity contribution >= 4 is 27.5 Å². The van der Waals surface area contributed by atoms with Crippen molar-refractivity contribution in [3.8, 4) is 11.5 Å². The molecule has 0 saturated heterocycles. The molecule has 0 bridgehead atoms. The van der Waals surface area contributed by atoms with Gasteiger partial charge in [0, 0.05) is 15.7 Å². The Hall–Kier alpha value is -2.01. The van der Waals surface area contributed by atoms with Crippen LogP contribution in [0.4, 0.5) is 5.69 Å². The minimum absolute atomic E-state index is 0.00247. The standard InChI is InChI=1S/C17H16BrNO3/c1-11-8-13(6-7-14(11)18)19-9-12-4-3-5-15(21-2)17(12)22-10-16(19)20/h3-8H,9-10H2,1-2H3. The number of ether oxygens (including phenoxy) is 2. The van der Waals surface area contributed by atoms with Crippen molar-refractivity contribution < 1.29 is 14.3 Å². The molecule has 0 spiro atoms. The van der Waals surface area contributed by atoms with Gasteiger partial charge in [0.1, 0.15) is 0 Å². The fraction of sp³-hybridized carbons (Fsp3) is 0.235. The highest BCUT2D eigenvalue weighted by atomic mass is 79.9. The molecule has 114 valence electrons. The number of carbonyl (C=O) groups is 1. The molecule has 1 amide bonds. The van der Waals surface area contributed by atoms with Gasteiger partial charge in [0.05, 0.1) is 13.7 Å². The summed E-state index contributed by atoms with van der Waals surface area (Å²) in [6.45, 7) is 2.47. The van der Waals surface area contributed by atoms with Crippen LogP contribution in [0.5, 0.6) is 11.5 Å². The number of methoxy groups -OCH3 is 1. The maximum atomic E-state index is 12.4. The third-order valence-corrected chi connectivity index (χ3v) is 4.59. The molecule has 1 aliphatic rings. The molecule has 2 aromatic rings. The Morgan fingerprint density at radius 2 is 2.09 bits per heavy atom. The monoisotopic (exact) mass is 361 g/mol. The first-order chi connectivity index (χ1) is 10.6. The Morgan fingerprint density at radius 3 is 2.82 bits per heavy atom. The zero-order valence-corrected chi connectivity index (χ0v) is 14.0. The van der Waals surface area contributed by atoms with E-state index < -0.39 is 0 Å². The molecule has 2 aromatic carbocycles. The van der Waals surface area contributed by atoms with E-state index in [1.54, 1.807) is 12.0 Å². The smallest absolute Gasteiger partial charge is 0.265 e. The first-order valence-corrected chi connectivity index (χ1v) is 7.74. The van der Waals surface area contributed by atoms with E-state index in [-0.39, 0.29) is 12.5 Å². The largest absolute Gasteiger partial charge is 0.493 e. The topological polar surface area (TPSA) is 38.8 Å². The van der Waals surface area contributed by atoms with Crippen molar-refractivity contribution in [2.24, 2.45) is 0 Å². The number of aryl methyl sites for hydroxylation is 1. The summed E-state index contributed by atoms with van der Waals surface area (Å²) >= 11 is 3.48. The molecule has 0 atom stereocenters. The van der Waals surface area contributed by atoms with Crippen LogP contribution < -0.4 is 14.4 Å². The SMILES string of the molecule is COc1cccc2c1OCC(=O)N(c1ccc(Br)c(C)c1)C2. The van der Waals surface area contributed by atoms with Gasteiger partial charge in [-0.25, -0.2) is 0 Å². The quantitative estimate of drug-likeness (QED) is 0.818. The maximum absolute atomic E-state index is 12.4. The van der Waals surface area contributed by atoms with Crippen LogP contribution in [-0.4, -0.2) is 19.6 Å². The Balaban J connectivity index is 2.01. The second kappa shape index (κ2) is 6.01. The molecule has 0 fully saturated rings. The van der Waals surface area contributed by atoms with E-state index in [9.17, 15) is 4.79 Å². The third kappa shape index (κ3) is 2.68. The number of anilines is 1. The van der Waals surface area contributed by atoms with E-state index >= 15 is 0 Å². The van der Waals surface area contributed by atoms with Gasteiger partial charge in [-0.15, -0.1) is 0 Å². The first-order valence-electron chi connectivity index (χ1n) is 6.95. The van der Waals surface area contributed by atoms with Crippen LogP contribution in [0.1, 0.15) is 11.1 Å². The van der Waals surface area contributed by atoms with Crippen LogP contribution >= 0.6 is 15.9 Å². The molecule has 1 heterocycles. The summed E-state index contributed by atoms with van der Waals surface area (Å²) in [5.74, 6) is 1.23. The van der Waals surface area contributed by atoms with E-state index in [0.29, 0.717) is 18.0 Å². The predicted molar refractivity (Wildman–Crippen MR) is 88.6 cm³/mol. The number of hydrogen-bond donors (Lipinski definition) is 0. The summed E-state index contributed by atoms with van der Waals surface area (Å²) in [6, 6.07) is 11.6. The Bertz CT molecular complexity index is 730. The Morgan fingerprint density at radius 1 is 1.27 bits per heavy atom. The molecule has 22 heavy (non-hydrogen) atoms. The van der Waals surface area contributed by atoms with Crippen molar-refractivity contribution in [2.75, 3.05) is 18.6 Å². The van der Waals surface area contributed by atoms with E-state index in [2.05, 4.69) is 15.9 Å². The van der Waals surface area contributed by atoms with Gasteiger partial charge in [-0.2, -0.15) is 0 Å². The van der Waals surface area contributed by atoms with Gasteiger partial charge >= 0.3 is 0 Å². The minimum atomic E-state index is -0.0695. The van der Waals surface area contributed by atoms with Gasteiger partial charge < -0.3 is 14.4 Å². The zero-order valence-electron chi connectivity index (χ0n) is 12.4. The average Bonchev–Trinajstić information content (AvgIpc) is 2.69. The highest BCUT2D eigenvalue weighted by molar-refractivity contribution is 9.10. The molecule has 0 saturated carbocycles. The van der Waals surface area contributed by atoms with Crippen LogP contribution in [0.25, 0.3) is 0 Å². The fourth-order valence-corrected chi connectivity index (χ4v) is 2.76. The lowest BCUT2D eigenvalue weighted by Crippen LogP contribution is -2.32. The number of amides is 1. The van der Waals surface area contributed by atoms with Crippen molar-refractivity contribution in [2.45, 2.75) is 13.5 Å². The van der Waals surface area contributed by atoms with E-state index in [4.69, 9.17) is 9.47 Å². The number of halogens is 1. The number of rotatable bonds is 2. The summed E-state index contributed by atoms with van der Waals surface area (Å²) in [6.07, 6.45) is 0. The van der Waals surface area contributed by atoms with Crippen molar-refractivity contribution in [1.82, 2.24) is 0 Å². The van der Waals surface area contributed by atoms with Crippen molar-refractivity contribution in [3.63, 3.8) is 0 Å². The predicted octanol–water partition coefficient (Wildman–Crippen LogP) is 3.69. The van der Waals surface area contributed by atoms with Gasteiger partial charge in [-0.3, -0.25) is 4.79 Å². The van der Waals surface area contributed by atoms with Crippen molar-refractivity contribution in [1.29, 1.82) is 0 Å². The summed E-state index contributed by atoms with van der Waals surface area (Å²) in [4.78, 5) is 14.2. The van der Waals surface area contributed by atoms with Gasteiger partial charge in [0.2, 0.25) is 0 Å². The lowest BCUT2D eigenvalue weighted by molar-refractivity contribution is -0.120. The first kappa shape index (κ1) is 14.9. The molecule has 5 heteroatoms. The zero-order chi connectivity index (χ0) is 15.7. The summed E-state index contributed by atoms with van der Waals surface area (Å²) < 4.78 is 12.0. The van der Waals surface area contributed by atoms with E-state index in [1.807, 2.05) is 43.3 Å². The Kier molecular flexibility index (Phi) is 4.07. The van der Waals surface area contributed by atoms with E-state index in [0.717, 1.165) is 21.3 Å². The van der Waals surface area contributed by atoms with Crippen LogP contribution in [0.15, 0.2) is 40.9 Å². The lowest BCUT2D eigenvalue weighted by atomic mass is 10.1. The van der Waals surface area contributed by atoms with E-state index in [1.165, 1.54) is 0 Å². The van der Waals surface area contributed by atoms with Gasteiger partial charge in [0.25, 0.3) is 5.91 Å². The molecule has 0 aliphatic carbocycles. The normalized spacial score (nSPS) is 14.1. The van der Waals surface area contributed by atoms with Gasteiger partial charge in [0.15, 0.2) is 18.1 Å². The fourth-order valence-electron chi connectivity index (χ4n) is 2.51. The molecule has 1 aliphatic heterocycles. The van der Waals surface area contributed by atoms with Crippen LogP contribution in [0.2, 0.25) is 0 Å².